The lowest BCUT2D eigenvalue weighted by molar-refractivity contribution is -0.113. The number of nitrogens with one attached hydrogen (secondary N) is 1. The van der Waals surface area contributed by atoms with Gasteiger partial charge in [-0.15, -0.1) is 17.9 Å². The molecule has 8 heteroatoms. The molecular weight excluding hydrogens is 454 g/mol. The highest BCUT2D eigenvalue weighted by Crippen LogP contribution is 2.32. The highest BCUT2D eigenvalue weighted by Gasteiger charge is 2.16. The summed E-state index contributed by atoms with van der Waals surface area (Å²) < 4.78 is 2.11. The van der Waals surface area contributed by atoms with Gasteiger partial charge in [-0.1, -0.05) is 60.3 Å². The molecule has 0 spiro atoms. The van der Waals surface area contributed by atoms with E-state index in [1.54, 1.807) is 30.3 Å². The first kappa shape index (κ1) is 22.7. The van der Waals surface area contributed by atoms with Crippen molar-refractivity contribution in [1.29, 1.82) is 0 Å². The average molecular weight is 476 g/mol. The zero-order valence-corrected chi connectivity index (χ0v) is 19.5. The van der Waals surface area contributed by atoms with Crippen molar-refractivity contribution in [3.8, 4) is 10.4 Å². The number of thiophene rings is 1. The zero-order chi connectivity index (χ0) is 23.4. The van der Waals surface area contributed by atoms with Gasteiger partial charge in [0, 0.05) is 22.7 Å². The highest BCUT2D eigenvalue weighted by atomic mass is 32.2. The molecule has 0 aliphatic heterocycles. The van der Waals surface area contributed by atoms with E-state index >= 15 is 0 Å². The second kappa shape index (κ2) is 9.97. The van der Waals surface area contributed by atoms with Gasteiger partial charge in [-0.05, 0) is 30.7 Å². The van der Waals surface area contributed by atoms with Crippen molar-refractivity contribution in [2.75, 3.05) is 11.1 Å². The van der Waals surface area contributed by atoms with Crippen LogP contribution in [0, 0.1) is 0 Å². The molecule has 0 aliphatic rings. The van der Waals surface area contributed by atoms with Gasteiger partial charge in [0.2, 0.25) is 5.91 Å². The van der Waals surface area contributed by atoms with Crippen LogP contribution >= 0.6 is 23.1 Å². The number of hydrogen-bond donors (Lipinski definition) is 1. The average Bonchev–Trinajstić information content (AvgIpc) is 3.25. The molecule has 4 aromatic rings. The number of fused-ring (bicyclic) bond motifs is 1. The maximum Gasteiger partial charge on any atom is 0.272 e. The molecule has 166 valence electrons. The van der Waals surface area contributed by atoms with Gasteiger partial charge in [-0.3, -0.25) is 19.0 Å². The fraction of sp³-hybridized carbons (Fsp3) is 0.120. The minimum absolute atomic E-state index is 0.0646. The van der Waals surface area contributed by atoms with E-state index in [2.05, 4.69) is 16.9 Å². The van der Waals surface area contributed by atoms with Crippen LogP contribution in [0.4, 0.5) is 5.69 Å². The van der Waals surface area contributed by atoms with Gasteiger partial charge in [-0.25, -0.2) is 4.98 Å². The van der Waals surface area contributed by atoms with Crippen molar-refractivity contribution in [1.82, 2.24) is 9.55 Å². The number of nitrogens with zero attached hydrogens (tertiary/aromatic N) is 2. The Bertz CT molecular complexity index is 1410. The first-order chi connectivity index (χ1) is 16.0. The summed E-state index contributed by atoms with van der Waals surface area (Å²) >= 11 is 2.60. The number of amides is 1. The predicted molar refractivity (Wildman–Crippen MR) is 135 cm³/mol. The Morgan fingerprint density at radius 3 is 2.67 bits per heavy atom. The van der Waals surface area contributed by atoms with Gasteiger partial charge in [0.1, 0.15) is 4.70 Å². The van der Waals surface area contributed by atoms with Gasteiger partial charge in [-0.2, -0.15) is 0 Å². The number of anilines is 1. The van der Waals surface area contributed by atoms with Crippen LogP contribution in [0.25, 0.3) is 20.7 Å². The van der Waals surface area contributed by atoms with E-state index in [-0.39, 0.29) is 23.0 Å². The summed E-state index contributed by atoms with van der Waals surface area (Å²) in [6.07, 6.45) is 1.64. The third kappa shape index (κ3) is 5.13. The molecule has 4 rings (SSSR count). The maximum atomic E-state index is 13.2. The molecule has 33 heavy (non-hydrogen) atoms. The monoisotopic (exact) mass is 475 g/mol. The molecule has 0 aliphatic carbocycles. The number of carbonyl (C=O) groups is 2. The van der Waals surface area contributed by atoms with Crippen molar-refractivity contribution in [2.24, 2.45) is 0 Å². The molecule has 0 saturated carbocycles. The van der Waals surface area contributed by atoms with Gasteiger partial charge in [0.15, 0.2) is 10.9 Å². The Morgan fingerprint density at radius 2 is 1.94 bits per heavy atom. The number of thioether (sulfide) groups is 1. The molecule has 2 heterocycles. The standard InChI is InChI=1S/C25H21N3O3S2/c1-3-12-28-24(31)23-20(14-21(33-23)17-8-5-4-6-9-17)27-25(28)32-15-22(30)26-19-11-7-10-18(13-19)16(2)29/h3-11,13-14H,1,12,15H2,2H3,(H,26,30). The summed E-state index contributed by atoms with van der Waals surface area (Å²) in [5, 5.41) is 3.25. The smallest absolute Gasteiger partial charge is 0.272 e. The molecule has 6 nitrogen and oxygen atoms in total. The molecule has 0 unspecified atom stereocenters. The Morgan fingerprint density at radius 1 is 1.15 bits per heavy atom. The van der Waals surface area contributed by atoms with Crippen LogP contribution in [0.3, 0.4) is 0 Å². The number of rotatable bonds is 8. The van der Waals surface area contributed by atoms with E-state index in [4.69, 9.17) is 0 Å². The first-order valence-corrected chi connectivity index (χ1v) is 12.0. The minimum Gasteiger partial charge on any atom is -0.325 e. The summed E-state index contributed by atoms with van der Waals surface area (Å²) in [5.41, 5.74) is 2.56. The van der Waals surface area contributed by atoms with E-state index in [1.165, 1.54) is 34.6 Å². The Labute approximate surface area is 199 Å². The van der Waals surface area contributed by atoms with Crippen molar-refractivity contribution < 1.29 is 9.59 Å². The minimum atomic E-state index is -0.254. The second-order valence-electron chi connectivity index (χ2n) is 7.26. The van der Waals surface area contributed by atoms with Crippen molar-refractivity contribution in [3.63, 3.8) is 0 Å². The van der Waals surface area contributed by atoms with Crippen LogP contribution in [0.1, 0.15) is 17.3 Å². The SMILES string of the molecule is C=CCn1c(SCC(=O)Nc2cccc(C(C)=O)c2)nc2cc(-c3ccccc3)sc2c1=O. The molecule has 0 saturated heterocycles. The third-order valence-electron chi connectivity index (χ3n) is 4.85. The largest absolute Gasteiger partial charge is 0.325 e. The number of hydrogen-bond acceptors (Lipinski definition) is 6. The molecule has 0 fully saturated rings. The van der Waals surface area contributed by atoms with E-state index in [9.17, 15) is 14.4 Å². The van der Waals surface area contributed by atoms with E-state index < -0.39 is 0 Å². The fourth-order valence-corrected chi connectivity index (χ4v) is 5.14. The van der Waals surface area contributed by atoms with Crippen LogP contribution in [-0.2, 0) is 11.3 Å². The molecular formula is C25H21N3O3S2. The summed E-state index contributed by atoms with van der Waals surface area (Å²) in [6, 6.07) is 18.5. The van der Waals surface area contributed by atoms with Crippen LogP contribution < -0.4 is 10.9 Å². The zero-order valence-electron chi connectivity index (χ0n) is 17.9. The summed E-state index contributed by atoms with van der Waals surface area (Å²) in [6.45, 7) is 5.52. The summed E-state index contributed by atoms with van der Waals surface area (Å²) in [7, 11) is 0. The van der Waals surface area contributed by atoms with Crippen LogP contribution in [0.5, 0.6) is 0 Å². The lowest BCUT2D eigenvalue weighted by Crippen LogP contribution is -2.23. The second-order valence-corrected chi connectivity index (χ2v) is 9.26. The topological polar surface area (TPSA) is 81.1 Å². The molecule has 0 atom stereocenters. The van der Waals surface area contributed by atoms with Gasteiger partial charge >= 0.3 is 0 Å². The van der Waals surface area contributed by atoms with Gasteiger partial charge in [0.25, 0.3) is 5.56 Å². The summed E-state index contributed by atoms with van der Waals surface area (Å²) in [4.78, 5) is 42.9. The van der Waals surface area contributed by atoms with Gasteiger partial charge in [0.05, 0.1) is 11.3 Å². The molecule has 2 aromatic carbocycles. The lowest BCUT2D eigenvalue weighted by Gasteiger charge is -2.10. The van der Waals surface area contributed by atoms with Crippen molar-refractivity contribution in [2.45, 2.75) is 18.6 Å². The van der Waals surface area contributed by atoms with Crippen LogP contribution in [-0.4, -0.2) is 27.0 Å². The molecule has 1 amide bonds. The van der Waals surface area contributed by atoms with E-state index in [1.807, 2.05) is 36.4 Å². The Kier molecular flexibility index (Phi) is 6.86. The Hall–Kier alpha value is -3.49. The number of allylic oxidation sites excluding steroid dienone is 1. The number of aromatic nitrogens is 2. The van der Waals surface area contributed by atoms with Crippen LogP contribution in [0.2, 0.25) is 0 Å². The van der Waals surface area contributed by atoms with E-state index in [0.717, 1.165) is 10.4 Å². The van der Waals surface area contributed by atoms with Crippen molar-refractivity contribution in [3.05, 3.63) is 89.2 Å². The van der Waals surface area contributed by atoms with Crippen molar-refractivity contribution >= 4 is 50.7 Å². The Balaban J connectivity index is 1.58. The third-order valence-corrected chi connectivity index (χ3v) is 6.99. The summed E-state index contributed by atoms with van der Waals surface area (Å²) in [5.74, 6) is -0.262. The number of benzene rings is 2. The fourth-order valence-electron chi connectivity index (χ4n) is 3.28. The number of Topliss-reactive ketones (excluding diaryl/α,β-unsaturated/α-hetero) is 1. The molecule has 0 bridgehead atoms. The molecule has 2 aromatic heterocycles. The highest BCUT2D eigenvalue weighted by molar-refractivity contribution is 7.99. The van der Waals surface area contributed by atoms with E-state index in [0.29, 0.717) is 33.2 Å². The molecule has 1 N–H and O–H groups in total. The number of ketones is 1. The van der Waals surface area contributed by atoms with Gasteiger partial charge < -0.3 is 5.32 Å². The lowest BCUT2D eigenvalue weighted by atomic mass is 10.1. The normalized spacial score (nSPS) is 10.8. The van der Waals surface area contributed by atoms with Crippen LogP contribution in [0.15, 0.2) is 83.3 Å². The molecule has 0 radical (unpaired) electrons. The maximum absolute atomic E-state index is 13.2. The predicted octanol–water partition coefficient (Wildman–Crippen LogP) is 5.24. The quantitative estimate of drug-likeness (QED) is 0.163. The first-order valence-electron chi connectivity index (χ1n) is 10.2. The number of carbonyl (C=O) groups excluding carboxylic acids is 2.